The van der Waals surface area contributed by atoms with E-state index in [0.29, 0.717) is 16.3 Å². The fourth-order valence-corrected chi connectivity index (χ4v) is 2.42. The Balaban J connectivity index is 1.92. The standard InChI is InChI=1S/C15H13ClN4O/c1-8-5-9(2)18-13(8)7-17-20-14-11-6-10(16)3-4-12(11)19-15(14)21/h3-7,18H,1-2H3,(H,19,20,21). The van der Waals surface area contributed by atoms with Crippen molar-refractivity contribution in [2.75, 3.05) is 5.32 Å². The number of hydrogen-bond acceptors (Lipinski definition) is 3. The first-order valence-corrected chi connectivity index (χ1v) is 6.81. The Morgan fingerprint density at radius 3 is 2.76 bits per heavy atom. The van der Waals surface area contributed by atoms with Crippen LogP contribution in [0.15, 0.2) is 34.5 Å². The van der Waals surface area contributed by atoms with E-state index in [9.17, 15) is 4.79 Å². The number of hydrogen-bond donors (Lipinski definition) is 2. The maximum atomic E-state index is 11.9. The van der Waals surface area contributed by atoms with E-state index in [4.69, 9.17) is 11.6 Å². The molecule has 106 valence electrons. The Morgan fingerprint density at radius 1 is 1.24 bits per heavy atom. The number of carbonyl (C=O) groups is 1. The zero-order chi connectivity index (χ0) is 15.0. The highest BCUT2D eigenvalue weighted by atomic mass is 35.5. The number of fused-ring (bicyclic) bond motifs is 1. The molecule has 1 aromatic heterocycles. The molecule has 0 radical (unpaired) electrons. The summed E-state index contributed by atoms with van der Waals surface area (Å²) in [7, 11) is 0. The Hall–Kier alpha value is -2.40. The van der Waals surface area contributed by atoms with Gasteiger partial charge >= 0.3 is 0 Å². The predicted octanol–water partition coefficient (Wildman–Crippen LogP) is 3.06. The van der Waals surface area contributed by atoms with Crippen LogP contribution in [0.3, 0.4) is 0 Å². The molecule has 0 aliphatic carbocycles. The molecule has 2 aromatic rings. The van der Waals surface area contributed by atoms with Gasteiger partial charge in [0.05, 0.1) is 17.6 Å². The molecule has 0 saturated heterocycles. The molecule has 1 aliphatic rings. The molecule has 5 nitrogen and oxygen atoms in total. The molecule has 0 fully saturated rings. The van der Waals surface area contributed by atoms with Crippen LogP contribution in [0.1, 0.15) is 22.5 Å². The van der Waals surface area contributed by atoms with Crippen molar-refractivity contribution >= 4 is 35.1 Å². The zero-order valence-electron chi connectivity index (χ0n) is 11.6. The topological polar surface area (TPSA) is 69.6 Å². The van der Waals surface area contributed by atoms with Crippen LogP contribution in [-0.2, 0) is 4.79 Å². The van der Waals surface area contributed by atoms with Crippen molar-refractivity contribution in [3.63, 3.8) is 0 Å². The van der Waals surface area contributed by atoms with Crippen LogP contribution in [-0.4, -0.2) is 22.8 Å². The molecule has 21 heavy (non-hydrogen) atoms. The van der Waals surface area contributed by atoms with Gasteiger partial charge in [0, 0.05) is 16.3 Å². The number of nitrogens with zero attached hydrogens (tertiary/aromatic N) is 2. The van der Waals surface area contributed by atoms with E-state index in [1.54, 1.807) is 24.4 Å². The van der Waals surface area contributed by atoms with Gasteiger partial charge < -0.3 is 10.3 Å². The Kier molecular flexibility index (Phi) is 3.35. The molecule has 0 unspecified atom stereocenters. The van der Waals surface area contributed by atoms with E-state index in [1.165, 1.54) is 0 Å². The predicted molar refractivity (Wildman–Crippen MR) is 84.5 cm³/mol. The van der Waals surface area contributed by atoms with Crippen molar-refractivity contribution in [3.05, 3.63) is 51.8 Å². The first-order valence-electron chi connectivity index (χ1n) is 6.43. The first-order chi connectivity index (χ1) is 10.0. The van der Waals surface area contributed by atoms with Gasteiger partial charge in [-0.25, -0.2) is 0 Å². The number of halogens is 1. The van der Waals surface area contributed by atoms with Gasteiger partial charge in [-0.1, -0.05) is 11.6 Å². The van der Waals surface area contributed by atoms with Gasteiger partial charge in [0.1, 0.15) is 0 Å². The lowest BCUT2D eigenvalue weighted by Crippen LogP contribution is -2.13. The third-order valence-corrected chi connectivity index (χ3v) is 3.47. The summed E-state index contributed by atoms with van der Waals surface area (Å²) in [6, 6.07) is 7.19. The van der Waals surface area contributed by atoms with Crippen LogP contribution < -0.4 is 5.32 Å². The number of benzene rings is 1. The van der Waals surface area contributed by atoms with E-state index in [2.05, 4.69) is 20.5 Å². The number of anilines is 1. The molecule has 0 spiro atoms. The SMILES string of the molecule is Cc1cc(C)c(C=NN=C2C(=O)Nc3ccc(Cl)cc32)[nH]1. The van der Waals surface area contributed by atoms with Crippen LogP contribution in [0.5, 0.6) is 0 Å². The molecule has 3 rings (SSSR count). The molecule has 1 amide bonds. The second-order valence-electron chi connectivity index (χ2n) is 4.89. The van der Waals surface area contributed by atoms with Crippen LogP contribution in [0.2, 0.25) is 5.02 Å². The molecule has 6 heteroatoms. The molecule has 0 saturated carbocycles. The quantitative estimate of drug-likeness (QED) is 0.649. The van der Waals surface area contributed by atoms with Crippen LogP contribution in [0, 0.1) is 13.8 Å². The van der Waals surface area contributed by atoms with Crippen molar-refractivity contribution in [2.45, 2.75) is 13.8 Å². The van der Waals surface area contributed by atoms with Crippen LogP contribution in [0.25, 0.3) is 0 Å². The summed E-state index contributed by atoms with van der Waals surface area (Å²) in [5, 5.41) is 11.3. The maximum absolute atomic E-state index is 11.9. The molecule has 1 aromatic carbocycles. The normalized spacial score (nSPS) is 15.8. The van der Waals surface area contributed by atoms with E-state index < -0.39 is 0 Å². The van der Waals surface area contributed by atoms with Crippen molar-refractivity contribution in [2.24, 2.45) is 10.2 Å². The minimum Gasteiger partial charge on any atom is -0.358 e. The third-order valence-electron chi connectivity index (χ3n) is 3.23. The summed E-state index contributed by atoms with van der Waals surface area (Å²) >= 11 is 5.95. The average Bonchev–Trinajstić information content (AvgIpc) is 2.90. The minimum atomic E-state index is -0.274. The lowest BCUT2D eigenvalue weighted by Gasteiger charge is -1.96. The average molecular weight is 301 g/mol. The second kappa shape index (κ2) is 5.18. The molecule has 1 aliphatic heterocycles. The highest BCUT2D eigenvalue weighted by Gasteiger charge is 2.26. The number of aryl methyl sites for hydroxylation is 2. The lowest BCUT2D eigenvalue weighted by atomic mass is 10.1. The molecule has 0 atom stereocenters. The fraction of sp³-hybridized carbons (Fsp3) is 0.133. The maximum Gasteiger partial charge on any atom is 0.276 e. The smallest absolute Gasteiger partial charge is 0.276 e. The molecule has 0 bridgehead atoms. The summed E-state index contributed by atoms with van der Waals surface area (Å²) in [5.74, 6) is -0.274. The van der Waals surface area contributed by atoms with Crippen molar-refractivity contribution in [3.8, 4) is 0 Å². The highest BCUT2D eigenvalue weighted by Crippen LogP contribution is 2.26. The number of H-pyrrole nitrogens is 1. The lowest BCUT2D eigenvalue weighted by molar-refractivity contribution is -0.110. The molecular formula is C15H13ClN4O. The van der Waals surface area contributed by atoms with E-state index in [0.717, 1.165) is 17.0 Å². The summed E-state index contributed by atoms with van der Waals surface area (Å²) in [4.78, 5) is 15.1. The zero-order valence-corrected chi connectivity index (χ0v) is 12.3. The first kappa shape index (κ1) is 13.6. The van der Waals surface area contributed by atoms with Crippen molar-refractivity contribution < 1.29 is 4.79 Å². The van der Waals surface area contributed by atoms with Gasteiger partial charge in [0.25, 0.3) is 5.91 Å². The van der Waals surface area contributed by atoms with Crippen molar-refractivity contribution in [1.29, 1.82) is 0 Å². The Labute approximate surface area is 126 Å². The fourth-order valence-electron chi connectivity index (χ4n) is 2.25. The number of nitrogens with one attached hydrogen (secondary N) is 2. The summed E-state index contributed by atoms with van der Waals surface area (Å²) < 4.78 is 0. The summed E-state index contributed by atoms with van der Waals surface area (Å²) in [5.41, 5.74) is 4.65. The van der Waals surface area contributed by atoms with Crippen molar-refractivity contribution in [1.82, 2.24) is 4.98 Å². The van der Waals surface area contributed by atoms with E-state index in [1.807, 2.05) is 19.9 Å². The third kappa shape index (κ3) is 2.60. The minimum absolute atomic E-state index is 0.268. The van der Waals surface area contributed by atoms with Gasteiger partial charge in [0.15, 0.2) is 5.71 Å². The van der Waals surface area contributed by atoms with Crippen LogP contribution in [0.4, 0.5) is 5.69 Å². The van der Waals surface area contributed by atoms with E-state index in [-0.39, 0.29) is 11.6 Å². The molecule has 2 heterocycles. The van der Waals surface area contributed by atoms with Gasteiger partial charge in [0.2, 0.25) is 0 Å². The molecular weight excluding hydrogens is 288 g/mol. The molecule has 2 N–H and O–H groups in total. The Morgan fingerprint density at radius 2 is 2.05 bits per heavy atom. The number of carbonyl (C=O) groups excluding carboxylic acids is 1. The van der Waals surface area contributed by atoms with Crippen LogP contribution >= 0.6 is 11.6 Å². The summed E-state index contributed by atoms with van der Waals surface area (Å²) in [6.45, 7) is 3.95. The second-order valence-corrected chi connectivity index (χ2v) is 5.32. The number of aromatic nitrogens is 1. The highest BCUT2D eigenvalue weighted by molar-refractivity contribution is 6.54. The number of rotatable bonds is 2. The van der Waals surface area contributed by atoms with Gasteiger partial charge in [-0.3, -0.25) is 4.79 Å². The monoisotopic (exact) mass is 300 g/mol. The van der Waals surface area contributed by atoms with Gasteiger partial charge in [-0.05, 0) is 43.7 Å². The van der Waals surface area contributed by atoms with Gasteiger partial charge in [-0.2, -0.15) is 5.10 Å². The van der Waals surface area contributed by atoms with Gasteiger partial charge in [-0.15, -0.1) is 5.10 Å². The largest absolute Gasteiger partial charge is 0.358 e. The summed E-state index contributed by atoms with van der Waals surface area (Å²) in [6.07, 6.45) is 1.60. The number of amides is 1. The number of aromatic amines is 1. The Bertz CT molecular complexity index is 789. The van der Waals surface area contributed by atoms with E-state index >= 15 is 0 Å².